The number of amides is 2. The van der Waals surface area contributed by atoms with Crippen LogP contribution in [-0.2, 0) is 16.0 Å². The minimum atomic E-state index is -0.513. The van der Waals surface area contributed by atoms with Gasteiger partial charge < -0.3 is 15.4 Å². The Morgan fingerprint density at radius 3 is 2.55 bits per heavy atom. The lowest BCUT2D eigenvalue weighted by molar-refractivity contribution is -0.135. The van der Waals surface area contributed by atoms with E-state index in [1.165, 1.54) is 12.1 Å². The summed E-state index contributed by atoms with van der Waals surface area (Å²) in [6.07, 6.45) is 0.196. The monoisotopic (exact) mass is 438 g/mol. The van der Waals surface area contributed by atoms with E-state index in [9.17, 15) is 14.0 Å². The zero-order valence-corrected chi connectivity index (χ0v) is 17.1. The van der Waals surface area contributed by atoms with Gasteiger partial charge in [0.05, 0.1) is 6.42 Å². The Labute approximate surface area is 178 Å². The lowest BCUT2D eigenvalue weighted by atomic mass is 9.90. The molecule has 1 saturated heterocycles. The molecule has 0 aromatic heterocycles. The van der Waals surface area contributed by atoms with E-state index in [4.69, 9.17) is 33.7 Å². The molecule has 5 nitrogen and oxygen atoms in total. The van der Waals surface area contributed by atoms with Crippen LogP contribution in [0.1, 0.15) is 18.4 Å². The molecule has 1 aliphatic rings. The van der Waals surface area contributed by atoms with Crippen molar-refractivity contribution in [3.63, 3.8) is 0 Å². The first-order valence-electron chi connectivity index (χ1n) is 9.24. The molecule has 0 bridgehead atoms. The molecule has 0 radical (unpaired) electrons. The van der Waals surface area contributed by atoms with Gasteiger partial charge >= 0.3 is 0 Å². The van der Waals surface area contributed by atoms with Crippen molar-refractivity contribution in [2.45, 2.75) is 25.4 Å². The second-order valence-electron chi connectivity index (χ2n) is 7.05. The minimum absolute atomic E-state index is 0.0858. The van der Waals surface area contributed by atoms with Gasteiger partial charge in [0.15, 0.2) is 0 Å². The molecule has 0 spiro atoms. The Hall–Kier alpha value is -2.31. The molecule has 0 saturated carbocycles. The molecule has 3 rings (SSSR count). The molecule has 2 atom stereocenters. The average molecular weight is 439 g/mol. The van der Waals surface area contributed by atoms with E-state index in [0.29, 0.717) is 30.3 Å². The maximum Gasteiger partial charge on any atom is 0.227 e. The van der Waals surface area contributed by atoms with Gasteiger partial charge in [-0.05, 0) is 36.4 Å². The molecule has 2 amide bonds. The van der Waals surface area contributed by atoms with Crippen LogP contribution < -0.4 is 10.5 Å². The topological polar surface area (TPSA) is 72.6 Å². The zero-order valence-electron chi connectivity index (χ0n) is 15.6. The number of piperidine rings is 1. The number of hydrogen-bond donors (Lipinski definition) is 1. The maximum absolute atomic E-state index is 14.0. The van der Waals surface area contributed by atoms with Crippen LogP contribution in [0.5, 0.6) is 5.75 Å². The van der Waals surface area contributed by atoms with E-state index in [2.05, 4.69) is 0 Å². The second-order valence-corrected chi connectivity index (χ2v) is 7.89. The van der Waals surface area contributed by atoms with Crippen LogP contribution in [0.4, 0.5) is 4.39 Å². The third-order valence-corrected chi connectivity index (χ3v) is 5.58. The van der Waals surface area contributed by atoms with Gasteiger partial charge in [-0.1, -0.05) is 29.3 Å². The highest BCUT2D eigenvalue weighted by atomic mass is 35.5. The first-order valence-corrected chi connectivity index (χ1v) is 10.00. The number of benzene rings is 2. The fraction of sp³-hybridized carbons (Fsp3) is 0.333. The van der Waals surface area contributed by atoms with Gasteiger partial charge in [0.2, 0.25) is 11.8 Å². The summed E-state index contributed by atoms with van der Waals surface area (Å²) in [5, 5.41) is 0.811. The lowest BCUT2D eigenvalue weighted by Crippen LogP contribution is -2.49. The molecule has 0 aliphatic carbocycles. The molecule has 8 heteroatoms. The van der Waals surface area contributed by atoms with Crippen molar-refractivity contribution < 1.29 is 18.7 Å². The van der Waals surface area contributed by atoms with Crippen molar-refractivity contribution in [2.24, 2.45) is 11.7 Å². The Morgan fingerprint density at radius 1 is 1.17 bits per heavy atom. The van der Waals surface area contributed by atoms with Crippen LogP contribution in [0.2, 0.25) is 10.0 Å². The van der Waals surface area contributed by atoms with Gasteiger partial charge in [0.1, 0.15) is 17.7 Å². The highest BCUT2D eigenvalue weighted by molar-refractivity contribution is 6.31. The summed E-state index contributed by atoms with van der Waals surface area (Å²) < 4.78 is 20.0. The molecule has 1 fully saturated rings. The Bertz CT molecular complexity index is 872. The zero-order chi connectivity index (χ0) is 21.0. The maximum atomic E-state index is 14.0. The van der Waals surface area contributed by atoms with E-state index in [-0.39, 0.29) is 41.4 Å². The third kappa shape index (κ3) is 5.61. The van der Waals surface area contributed by atoms with E-state index >= 15 is 0 Å². The lowest BCUT2D eigenvalue weighted by Gasteiger charge is -2.38. The van der Waals surface area contributed by atoms with E-state index in [0.717, 1.165) is 0 Å². The number of carbonyl (C=O) groups excluding carboxylic acids is 2. The van der Waals surface area contributed by atoms with Crippen molar-refractivity contribution in [2.75, 3.05) is 13.1 Å². The molecule has 1 aliphatic heterocycles. The van der Waals surface area contributed by atoms with Gasteiger partial charge in [-0.2, -0.15) is 0 Å². The first-order chi connectivity index (χ1) is 13.8. The summed E-state index contributed by atoms with van der Waals surface area (Å²) in [6, 6.07) is 11.3. The van der Waals surface area contributed by atoms with Crippen LogP contribution in [0.3, 0.4) is 0 Å². The number of hydrogen-bond acceptors (Lipinski definition) is 3. The van der Waals surface area contributed by atoms with Crippen molar-refractivity contribution in [3.05, 3.63) is 63.9 Å². The molecule has 2 aromatic rings. The molecule has 0 unspecified atom stereocenters. The predicted octanol–water partition coefficient (Wildman–Crippen LogP) is 3.85. The van der Waals surface area contributed by atoms with Crippen LogP contribution in [0, 0.1) is 11.7 Å². The summed E-state index contributed by atoms with van der Waals surface area (Å²) in [4.78, 5) is 25.9. The Balaban J connectivity index is 1.69. The third-order valence-electron chi connectivity index (χ3n) is 4.97. The number of halogens is 3. The summed E-state index contributed by atoms with van der Waals surface area (Å²) in [5.74, 6) is -0.869. The van der Waals surface area contributed by atoms with Crippen LogP contribution in [0.15, 0.2) is 42.5 Å². The van der Waals surface area contributed by atoms with Crippen LogP contribution in [-0.4, -0.2) is 35.9 Å². The van der Waals surface area contributed by atoms with E-state index < -0.39 is 11.7 Å². The van der Waals surface area contributed by atoms with Crippen molar-refractivity contribution in [1.29, 1.82) is 0 Å². The number of nitrogens with two attached hydrogens (primary N) is 1. The highest BCUT2D eigenvalue weighted by Gasteiger charge is 2.34. The minimum Gasteiger partial charge on any atom is -0.490 e. The molecular weight excluding hydrogens is 418 g/mol. The van der Waals surface area contributed by atoms with Crippen molar-refractivity contribution in [3.8, 4) is 5.75 Å². The number of nitrogens with zero attached hydrogens (tertiary/aromatic N) is 1. The Morgan fingerprint density at radius 2 is 1.90 bits per heavy atom. The van der Waals surface area contributed by atoms with Crippen molar-refractivity contribution >= 4 is 35.0 Å². The quantitative estimate of drug-likeness (QED) is 0.744. The highest BCUT2D eigenvalue weighted by Crippen LogP contribution is 2.28. The molecule has 2 N–H and O–H groups in total. The van der Waals surface area contributed by atoms with Crippen LogP contribution in [0.25, 0.3) is 0 Å². The fourth-order valence-electron chi connectivity index (χ4n) is 3.50. The molecule has 29 heavy (non-hydrogen) atoms. The SMILES string of the molecule is NC(=O)C[C@H]1CN(C(=O)Cc2c(F)cccc2Cl)CC[C@@H]1Oc1ccc(Cl)cc1. The number of ether oxygens (including phenoxy) is 1. The molecule has 2 aromatic carbocycles. The van der Waals surface area contributed by atoms with Crippen LogP contribution >= 0.6 is 23.2 Å². The number of carbonyl (C=O) groups is 2. The van der Waals surface area contributed by atoms with E-state index in [1.807, 2.05) is 0 Å². The van der Waals surface area contributed by atoms with Gasteiger partial charge in [-0.15, -0.1) is 0 Å². The smallest absolute Gasteiger partial charge is 0.227 e. The standard InChI is InChI=1S/C21H21Cl2FN2O3/c22-14-4-6-15(7-5-14)29-19-8-9-26(12-13(19)10-20(25)27)21(28)11-16-17(23)2-1-3-18(16)24/h1-7,13,19H,8-12H2,(H2,25,27)/t13-,19-/m0/s1. The van der Waals surface area contributed by atoms with Gasteiger partial charge in [-0.3, -0.25) is 9.59 Å². The summed E-state index contributed by atoms with van der Waals surface area (Å²) in [7, 11) is 0. The number of rotatable bonds is 6. The Kier molecular flexibility index (Phi) is 6.98. The molecule has 154 valence electrons. The second kappa shape index (κ2) is 9.46. The van der Waals surface area contributed by atoms with Gasteiger partial charge in [0.25, 0.3) is 0 Å². The summed E-state index contributed by atoms with van der Waals surface area (Å²) in [6.45, 7) is 0.727. The summed E-state index contributed by atoms with van der Waals surface area (Å²) in [5.41, 5.74) is 5.57. The normalized spacial score (nSPS) is 19.1. The predicted molar refractivity (Wildman–Crippen MR) is 109 cm³/mol. The first kappa shape index (κ1) is 21.4. The van der Waals surface area contributed by atoms with Gasteiger partial charge in [-0.25, -0.2) is 4.39 Å². The fourth-order valence-corrected chi connectivity index (χ4v) is 3.85. The van der Waals surface area contributed by atoms with Crippen molar-refractivity contribution in [1.82, 2.24) is 4.90 Å². The largest absolute Gasteiger partial charge is 0.490 e. The summed E-state index contributed by atoms with van der Waals surface area (Å²) >= 11 is 11.9. The molecular formula is C21H21Cl2FN2O3. The number of likely N-dealkylation sites (tertiary alicyclic amines) is 1. The van der Waals surface area contributed by atoms with E-state index in [1.54, 1.807) is 35.2 Å². The molecule has 1 heterocycles. The number of primary amides is 1. The van der Waals surface area contributed by atoms with Gasteiger partial charge in [0, 0.05) is 47.5 Å². The average Bonchev–Trinajstić information content (AvgIpc) is 2.67.